The molecule has 132 valence electrons. The van der Waals surface area contributed by atoms with E-state index in [0.29, 0.717) is 23.1 Å². The van der Waals surface area contributed by atoms with Gasteiger partial charge in [-0.25, -0.2) is 0 Å². The van der Waals surface area contributed by atoms with Gasteiger partial charge in [0.2, 0.25) is 5.91 Å². The highest BCUT2D eigenvalue weighted by molar-refractivity contribution is 6.30. The number of aromatic nitrogens is 3. The van der Waals surface area contributed by atoms with E-state index in [-0.39, 0.29) is 5.91 Å². The number of hydrogen-bond donors (Lipinski definition) is 1. The number of halogens is 1. The van der Waals surface area contributed by atoms with Crippen LogP contribution >= 0.6 is 11.6 Å². The first-order valence-corrected chi connectivity index (χ1v) is 8.28. The number of hydrogen-bond acceptors (Lipinski definition) is 4. The second-order valence-corrected chi connectivity index (χ2v) is 5.86. The highest BCUT2D eigenvalue weighted by Gasteiger charge is 2.05. The molecule has 0 aliphatic rings. The Morgan fingerprint density at radius 1 is 1.31 bits per heavy atom. The zero-order chi connectivity index (χ0) is 18.4. The van der Waals surface area contributed by atoms with Crippen molar-refractivity contribution in [1.82, 2.24) is 14.8 Å². The first-order chi connectivity index (χ1) is 12.6. The molecule has 0 fully saturated rings. The molecule has 0 unspecified atom stereocenters. The molecule has 1 amide bonds. The Bertz CT molecular complexity index is 922. The average molecular weight is 369 g/mol. The van der Waals surface area contributed by atoms with Crippen LogP contribution in [0.4, 0.5) is 5.82 Å². The summed E-state index contributed by atoms with van der Waals surface area (Å²) in [5, 5.41) is 7.60. The van der Waals surface area contributed by atoms with Crippen molar-refractivity contribution in [3.8, 4) is 5.75 Å². The molecule has 2 heterocycles. The van der Waals surface area contributed by atoms with Gasteiger partial charge in [-0.1, -0.05) is 17.7 Å². The molecule has 7 heteroatoms. The molecule has 3 aromatic rings. The van der Waals surface area contributed by atoms with Gasteiger partial charge in [-0.3, -0.25) is 14.5 Å². The number of methoxy groups -OCH3 is 1. The molecule has 0 bridgehead atoms. The van der Waals surface area contributed by atoms with Crippen molar-refractivity contribution >= 4 is 29.4 Å². The third-order valence-corrected chi connectivity index (χ3v) is 3.78. The summed E-state index contributed by atoms with van der Waals surface area (Å²) < 4.78 is 6.96. The van der Waals surface area contributed by atoms with Crippen molar-refractivity contribution in [2.75, 3.05) is 12.4 Å². The number of ether oxygens (including phenoxy) is 1. The molecule has 0 aliphatic heterocycles. The van der Waals surface area contributed by atoms with E-state index in [0.717, 1.165) is 11.3 Å². The lowest BCUT2D eigenvalue weighted by Crippen LogP contribution is -2.09. The summed E-state index contributed by atoms with van der Waals surface area (Å²) in [5.74, 6) is 0.807. The lowest BCUT2D eigenvalue weighted by atomic mass is 10.2. The summed E-state index contributed by atoms with van der Waals surface area (Å²) in [6.45, 7) is 0.534. The van der Waals surface area contributed by atoms with Gasteiger partial charge in [-0.15, -0.1) is 0 Å². The topological polar surface area (TPSA) is 69.0 Å². The minimum Gasteiger partial charge on any atom is -0.496 e. The van der Waals surface area contributed by atoms with E-state index in [1.165, 1.54) is 6.08 Å². The second kappa shape index (κ2) is 8.31. The SMILES string of the molecule is COc1ccc(Cl)cc1/C=C/C(=O)Nc1ccn(Cc2ccccn2)n1. The number of benzene rings is 1. The Labute approximate surface area is 156 Å². The normalized spacial score (nSPS) is 10.8. The van der Waals surface area contributed by atoms with E-state index >= 15 is 0 Å². The van der Waals surface area contributed by atoms with Crippen molar-refractivity contribution < 1.29 is 9.53 Å². The molecule has 3 rings (SSSR count). The summed E-state index contributed by atoms with van der Waals surface area (Å²) in [6.07, 6.45) is 6.57. The predicted molar refractivity (Wildman–Crippen MR) is 101 cm³/mol. The predicted octanol–water partition coefficient (Wildman–Crippen LogP) is 3.64. The van der Waals surface area contributed by atoms with Crippen LogP contribution in [0.3, 0.4) is 0 Å². The molecule has 1 N–H and O–H groups in total. The standard InChI is InChI=1S/C19H17ClN4O2/c1-26-17-7-6-15(20)12-14(17)5-8-19(25)22-18-9-11-24(23-18)13-16-4-2-3-10-21-16/h2-12H,13H2,1H3,(H,22,23,25)/b8-5+. The van der Waals surface area contributed by atoms with Gasteiger partial charge in [0.25, 0.3) is 0 Å². The summed E-state index contributed by atoms with van der Waals surface area (Å²) in [5.41, 5.74) is 1.61. The van der Waals surface area contributed by atoms with Crippen LogP contribution in [0.15, 0.2) is 60.9 Å². The van der Waals surface area contributed by atoms with Crippen molar-refractivity contribution in [3.63, 3.8) is 0 Å². The molecule has 0 saturated heterocycles. The third kappa shape index (κ3) is 4.70. The van der Waals surface area contributed by atoms with Crippen LogP contribution < -0.4 is 10.1 Å². The quantitative estimate of drug-likeness (QED) is 0.674. The van der Waals surface area contributed by atoms with E-state index in [9.17, 15) is 4.79 Å². The Morgan fingerprint density at radius 2 is 2.19 bits per heavy atom. The zero-order valence-electron chi connectivity index (χ0n) is 14.1. The van der Waals surface area contributed by atoms with Crippen molar-refractivity contribution in [2.45, 2.75) is 6.54 Å². The molecule has 2 aromatic heterocycles. The monoisotopic (exact) mass is 368 g/mol. The first kappa shape index (κ1) is 17.7. The van der Waals surface area contributed by atoms with Crippen LogP contribution in [0.25, 0.3) is 6.08 Å². The van der Waals surface area contributed by atoms with E-state index in [2.05, 4.69) is 15.4 Å². The molecule has 26 heavy (non-hydrogen) atoms. The van der Waals surface area contributed by atoms with Crippen molar-refractivity contribution in [2.24, 2.45) is 0 Å². The van der Waals surface area contributed by atoms with Crippen LogP contribution in [0, 0.1) is 0 Å². The van der Waals surface area contributed by atoms with Crippen molar-refractivity contribution in [1.29, 1.82) is 0 Å². The third-order valence-electron chi connectivity index (χ3n) is 3.55. The molecule has 0 saturated carbocycles. The number of rotatable bonds is 6. The highest BCUT2D eigenvalue weighted by atomic mass is 35.5. The van der Waals surface area contributed by atoms with Gasteiger partial charge in [-0.2, -0.15) is 5.10 Å². The van der Waals surface area contributed by atoms with Gasteiger partial charge < -0.3 is 10.1 Å². The molecule has 0 aliphatic carbocycles. The summed E-state index contributed by atoms with van der Waals surface area (Å²) >= 11 is 5.98. The number of carbonyl (C=O) groups excluding carboxylic acids is 1. The zero-order valence-corrected chi connectivity index (χ0v) is 14.8. The Kier molecular flexibility index (Phi) is 5.66. The van der Waals surface area contributed by atoms with Gasteiger partial charge >= 0.3 is 0 Å². The number of nitrogens with zero attached hydrogens (tertiary/aromatic N) is 3. The van der Waals surface area contributed by atoms with Gasteiger partial charge in [0.05, 0.1) is 19.3 Å². The maximum Gasteiger partial charge on any atom is 0.249 e. The fourth-order valence-corrected chi connectivity index (χ4v) is 2.52. The van der Waals surface area contributed by atoms with Crippen LogP contribution in [0.2, 0.25) is 5.02 Å². The van der Waals surface area contributed by atoms with Gasteiger partial charge in [-0.05, 0) is 36.4 Å². The van der Waals surface area contributed by atoms with Crippen LogP contribution in [-0.2, 0) is 11.3 Å². The number of amides is 1. The van der Waals surface area contributed by atoms with E-state index in [1.807, 2.05) is 18.2 Å². The Morgan fingerprint density at radius 3 is 2.96 bits per heavy atom. The van der Waals surface area contributed by atoms with E-state index in [4.69, 9.17) is 16.3 Å². The summed E-state index contributed by atoms with van der Waals surface area (Å²) in [7, 11) is 1.56. The lowest BCUT2D eigenvalue weighted by Gasteiger charge is -2.04. The molecule has 0 radical (unpaired) electrons. The molecular weight excluding hydrogens is 352 g/mol. The number of anilines is 1. The number of carbonyl (C=O) groups is 1. The maximum atomic E-state index is 12.1. The van der Waals surface area contributed by atoms with Gasteiger partial charge in [0.1, 0.15) is 5.75 Å². The largest absolute Gasteiger partial charge is 0.496 e. The second-order valence-electron chi connectivity index (χ2n) is 5.43. The van der Waals surface area contributed by atoms with Crippen molar-refractivity contribution in [3.05, 3.63) is 77.2 Å². The highest BCUT2D eigenvalue weighted by Crippen LogP contribution is 2.23. The molecule has 1 aromatic carbocycles. The summed E-state index contributed by atoms with van der Waals surface area (Å²) in [4.78, 5) is 16.4. The van der Waals surface area contributed by atoms with E-state index in [1.54, 1.807) is 54.5 Å². The minimum atomic E-state index is -0.296. The number of pyridine rings is 1. The Hall–Kier alpha value is -3.12. The summed E-state index contributed by atoms with van der Waals surface area (Å²) in [6, 6.07) is 12.6. The lowest BCUT2D eigenvalue weighted by molar-refractivity contribution is -0.111. The number of nitrogens with one attached hydrogen (secondary N) is 1. The molecule has 0 spiro atoms. The maximum absolute atomic E-state index is 12.1. The molecule has 0 atom stereocenters. The fourth-order valence-electron chi connectivity index (χ4n) is 2.34. The Balaban J connectivity index is 1.63. The van der Waals surface area contributed by atoms with E-state index < -0.39 is 0 Å². The van der Waals surface area contributed by atoms with Gasteiger partial charge in [0.15, 0.2) is 5.82 Å². The molecule has 6 nitrogen and oxygen atoms in total. The molecular formula is C19H17ClN4O2. The minimum absolute atomic E-state index is 0.296. The average Bonchev–Trinajstić information content (AvgIpc) is 3.07. The van der Waals surface area contributed by atoms with Gasteiger partial charge in [0, 0.05) is 35.1 Å². The fraction of sp³-hybridized carbons (Fsp3) is 0.105. The smallest absolute Gasteiger partial charge is 0.249 e. The first-order valence-electron chi connectivity index (χ1n) is 7.90. The van der Waals surface area contributed by atoms with Crippen LogP contribution in [0.1, 0.15) is 11.3 Å². The van der Waals surface area contributed by atoms with Crippen LogP contribution in [-0.4, -0.2) is 27.8 Å². The van der Waals surface area contributed by atoms with Crippen LogP contribution in [0.5, 0.6) is 5.75 Å².